The highest BCUT2D eigenvalue weighted by molar-refractivity contribution is 6.19. The molecule has 2 N–H and O–H groups in total. The minimum absolute atomic E-state index is 0.0945. The Morgan fingerprint density at radius 2 is 1.75 bits per heavy atom. The van der Waals surface area contributed by atoms with Gasteiger partial charge in [0.1, 0.15) is 0 Å². The summed E-state index contributed by atoms with van der Waals surface area (Å²) in [5.41, 5.74) is 4.76. The molecule has 1 saturated heterocycles. The fourth-order valence-electron chi connectivity index (χ4n) is 4.31. The maximum absolute atomic E-state index is 13.1. The molecule has 1 unspecified atom stereocenters. The number of para-hydroxylation sites is 1. The van der Waals surface area contributed by atoms with Crippen molar-refractivity contribution in [3.8, 4) is 11.5 Å². The van der Waals surface area contributed by atoms with Crippen LogP contribution in [0.3, 0.4) is 0 Å². The highest BCUT2D eigenvalue weighted by atomic mass is 16.5. The van der Waals surface area contributed by atoms with Gasteiger partial charge in [-0.3, -0.25) is 9.78 Å². The van der Waals surface area contributed by atoms with Crippen LogP contribution < -0.4 is 15.5 Å². The second-order valence-electron chi connectivity index (χ2n) is 8.33. The Hall–Kier alpha value is -4.57. The Bertz CT molecular complexity index is 1410. The number of ether oxygens (including phenoxy) is 1. The van der Waals surface area contributed by atoms with Crippen LogP contribution in [0.5, 0.6) is 0 Å². The Morgan fingerprint density at radius 1 is 0.944 bits per heavy atom. The van der Waals surface area contributed by atoms with Crippen LogP contribution in [0.2, 0.25) is 0 Å². The molecule has 1 fully saturated rings. The molecular weight excluding hydrogens is 458 g/mol. The monoisotopic (exact) mass is 481 g/mol. The molecule has 0 spiro atoms. The second-order valence-corrected chi connectivity index (χ2v) is 8.33. The molecule has 0 radical (unpaired) electrons. The van der Waals surface area contributed by atoms with Crippen molar-refractivity contribution in [3.05, 3.63) is 84.2 Å². The summed E-state index contributed by atoms with van der Waals surface area (Å²) >= 11 is 0. The molecule has 10 heteroatoms. The van der Waals surface area contributed by atoms with E-state index in [-0.39, 0.29) is 11.9 Å². The molecule has 2 aromatic carbocycles. The Kier molecular flexibility index (Phi) is 5.84. The van der Waals surface area contributed by atoms with Gasteiger partial charge in [0.05, 0.1) is 42.1 Å². The molecule has 0 aliphatic carbocycles. The summed E-state index contributed by atoms with van der Waals surface area (Å²) in [4.78, 5) is 24.3. The van der Waals surface area contributed by atoms with Gasteiger partial charge in [-0.2, -0.15) is 0 Å². The van der Waals surface area contributed by atoms with Crippen LogP contribution in [0.1, 0.15) is 11.1 Å². The number of hydrogen-bond donors (Lipinski definition) is 2. The quantitative estimate of drug-likeness (QED) is 0.446. The van der Waals surface area contributed by atoms with E-state index in [1.54, 1.807) is 12.4 Å². The summed E-state index contributed by atoms with van der Waals surface area (Å²) < 4.78 is 11.4. The SMILES string of the molecule is O=C1Nc2ccccc2C(c2ccccc2)=NC1Nc1nnc(-c2ccncc2N2CCOCC2)o1. The standard InChI is InChI=1S/C26H23N7O3/c34-24-23(29-22(17-6-2-1-3-7-17)18-8-4-5-9-20(18)28-24)30-26-32-31-25(36-26)19-10-11-27-16-21(19)33-12-14-35-15-13-33/h1-11,16,23H,12-15H2,(H,28,34)(H,30,32). The molecular formula is C26H23N7O3. The molecule has 2 aliphatic rings. The van der Waals surface area contributed by atoms with Crippen LogP contribution >= 0.6 is 0 Å². The van der Waals surface area contributed by atoms with E-state index in [0.717, 1.165) is 35.5 Å². The Morgan fingerprint density at radius 3 is 2.61 bits per heavy atom. The van der Waals surface area contributed by atoms with Crippen LogP contribution in [-0.2, 0) is 9.53 Å². The summed E-state index contributed by atoms with van der Waals surface area (Å²) in [7, 11) is 0. The van der Waals surface area contributed by atoms with E-state index in [4.69, 9.17) is 14.1 Å². The van der Waals surface area contributed by atoms with E-state index in [9.17, 15) is 4.79 Å². The normalized spacial score (nSPS) is 17.6. The van der Waals surface area contributed by atoms with Crippen LogP contribution in [0.15, 0.2) is 82.5 Å². The lowest BCUT2D eigenvalue weighted by Gasteiger charge is -2.29. The molecule has 1 atom stereocenters. The molecule has 2 aliphatic heterocycles. The first-order valence-corrected chi connectivity index (χ1v) is 11.7. The summed E-state index contributed by atoms with van der Waals surface area (Å²) in [5.74, 6) is -0.00276. The molecule has 0 saturated carbocycles. The number of benzene rings is 2. The molecule has 180 valence electrons. The lowest BCUT2D eigenvalue weighted by Crippen LogP contribution is -2.36. The molecule has 6 rings (SSSR count). The average Bonchev–Trinajstić information content (AvgIpc) is 3.35. The van der Waals surface area contributed by atoms with Gasteiger partial charge in [0.25, 0.3) is 11.8 Å². The van der Waals surface area contributed by atoms with Gasteiger partial charge in [-0.15, -0.1) is 5.10 Å². The van der Waals surface area contributed by atoms with Crippen molar-refractivity contribution in [2.24, 2.45) is 4.99 Å². The van der Waals surface area contributed by atoms with Gasteiger partial charge in [0.2, 0.25) is 6.17 Å². The van der Waals surface area contributed by atoms with Crippen molar-refractivity contribution >= 4 is 29.0 Å². The van der Waals surface area contributed by atoms with E-state index >= 15 is 0 Å². The number of morpholine rings is 1. The lowest BCUT2D eigenvalue weighted by molar-refractivity contribution is -0.116. The number of benzodiazepines with no additional fused rings is 1. The highest BCUT2D eigenvalue weighted by Crippen LogP contribution is 2.31. The molecule has 0 bridgehead atoms. The first-order chi connectivity index (χ1) is 17.8. The number of anilines is 3. The predicted molar refractivity (Wildman–Crippen MR) is 135 cm³/mol. The van der Waals surface area contributed by atoms with E-state index in [0.29, 0.717) is 30.5 Å². The van der Waals surface area contributed by atoms with Gasteiger partial charge >= 0.3 is 6.01 Å². The third kappa shape index (κ3) is 4.29. The molecule has 1 amide bonds. The van der Waals surface area contributed by atoms with Crippen LogP contribution in [-0.4, -0.2) is 59.3 Å². The third-order valence-corrected chi connectivity index (χ3v) is 6.06. The molecule has 10 nitrogen and oxygen atoms in total. The summed E-state index contributed by atoms with van der Waals surface area (Å²) in [5, 5.41) is 14.3. The van der Waals surface area contributed by atoms with Crippen LogP contribution in [0, 0.1) is 0 Å². The predicted octanol–water partition coefficient (Wildman–Crippen LogP) is 3.20. The third-order valence-electron chi connectivity index (χ3n) is 6.06. The van der Waals surface area contributed by atoms with Gasteiger partial charge in [-0.1, -0.05) is 53.6 Å². The van der Waals surface area contributed by atoms with E-state index < -0.39 is 6.17 Å². The van der Waals surface area contributed by atoms with Crippen molar-refractivity contribution in [2.75, 3.05) is 41.8 Å². The van der Waals surface area contributed by atoms with Gasteiger partial charge in [-0.05, 0) is 12.1 Å². The van der Waals surface area contributed by atoms with Crippen molar-refractivity contribution in [2.45, 2.75) is 6.17 Å². The Labute approximate surface area is 207 Å². The van der Waals surface area contributed by atoms with Gasteiger partial charge in [0.15, 0.2) is 0 Å². The molecule has 4 heterocycles. The zero-order valence-electron chi connectivity index (χ0n) is 19.3. The average molecular weight is 482 g/mol. The minimum atomic E-state index is -0.975. The molecule has 4 aromatic rings. The smallest absolute Gasteiger partial charge is 0.317 e. The number of aliphatic imine (C=N–C) groups is 1. The van der Waals surface area contributed by atoms with Crippen molar-refractivity contribution in [1.29, 1.82) is 0 Å². The molecule has 2 aromatic heterocycles. The number of aromatic nitrogens is 3. The fourth-order valence-corrected chi connectivity index (χ4v) is 4.31. The number of nitrogens with zero attached hydrogens (tertiary/aromatic N) is 5. The lowest BCUT2D eigenvalue weighted by atomic mass is 10.0. The maximum atomic E-state index is 13.1. The van der Waals surface area contributed by atoms with E-state index in [1.165, 1.54) is 0 Å². The van der Waals surface area contributed by atoms with Gasteiger partial charge in [0, 0.05) is 30.4 Å². The van der Waals surface area contributed by atoms with Gasteiger partial charge < -0.3 is 24.7 Å². The number of fused-ring (bicyclic) bond motifs is 1. The largest absolute Gasteiger partial charge is 0.403 e. The van der Waals surface area contributed by atoms with E-state index in [1.807, 2.05) is 60.7 Å². The number of pyridine rings is 1. The summed E-state index contributed by atoms with van der Waals surface area (Å²) in [6, 6.07) is 19.3. The highest BCUT2D eigenvalue weighted by Gasteiger charge is 2.27. The first-order valence-electron chi connectivity index (χ1n) is 11.7. The summed E-state index contributed by atoms with van der Waals surface area (Å²) in [6.07, 6.45) is 2.49. The molecule has 36 heavy (non-hydrogen) atoms. The van der Waals surface area contributed by atoms with Crippen molar-refractivity contribution in [1.82, 2.24) is 15.2 Å². The van der Waals surface area contributed by atoms with Crippen molar-refractivity contribution < 1.29 is 13.9 Å². The number of carbonyl (C=O) groups is 1. The second kappa shape index (κ2) is 9.59. The first kappa shape index (κ1) is 21.9. The minimum Gasteiger partial charge on any atom is -0.403 e. The fraction of sp³-hybridized carbons (Fsp3) is 0.192. The Balaban J connectivity index is 1.32. The van der Waals surface area contributed by atoms with Gasteiger partial charge in [-0.25, -0.2) is 4.99 Å². The number of rotatable bonds is 5. The summed E-state index contributed by atoms with van der Waals surface area (Å²) in [6.45, 7) is 2.78. The van der Waals surface area contributed by atoms with Crippen LogP contribution in [0.25, 0.3) is 11.5 Å². The zero-order valence-corrected chi connectivity index (χ0v) is 19.3. The number of carbonyl (C=O) groups excluding carboxylic acids is 1. The maximum Gasteiger partial charge on any atom is 0.317 e. The number of amides is 1. The van der Waals surface area contributed by atoms with E-state index in [2.05, 4.69) is 30.7 Å². The number of hydrogen-bond acceptors (Lipinski definition) is 9. The van der Waals surface area contributed by atoms with Crippen LogP contribution in [0.4, 0.5) is 17.4 Å². The zero-order chi connectivity index (χ0) is 24.3. The number of nitrogens with one attached hydrogen (secondary N) is 2. The van der Waals surface area contributed by atoms with Crippen molar-refractivity contribution in [3.63, 3.8) is 0 Å². The topological polar surface area (TPSA) is 118 Å².